The first-order valence-corrected chi connectivity index (χ1v) is 30.8. The summed E-state index contributed by atoms with van der Waals surface area (Å²) in [7, 11) is 0. The minimum Gasteiger partial charge on any atom is -0.466 e. The Hall–Kier alpha value is -1.92. The number of ether oxygens (including phenoxy) is 1. The number of aliphatic hydroxyl groups excluding tert-OH is 2. The van der Waals surface area contributed by atoms with E-state index in [0.29, 0.717) is 19.4 Å². The van der Waals surface area contributed by atoms with Crippen molar-refractivity contribution in [1.82, 2.24) is 5.32 Å². The average molecular weight is 971 g/mol. The number of unbranched alkanes of at least 4 members (excludes halogenated alkanes) is 42. The van der Waals surface area contributed by atoms with E-state index in [1.54, 1.807) is 6.08 Å². The van der Waals surface area contributed by atoms with Crippen LogP contribution in [0, 0.1) is 0 Å². The van der Waals surface area contributed by atoms with Gasteiger partial charge >= 0.3 is 5.97 Å². The number of hydrogen-bond acceptors (Lipinski definition) is 5. The number of carbonyl (C=O) groups excluding carboxylic acids is 2. The highest BCUT2D eigenvalue weighted by Crippen LogP contribution is 2.17. The van der Waals surface area contributed by atoms with Gasteiger partial charge in [0.2, 0.25) is 5.91 Å². The highest BCUT2D eigenvalue weighted by molar-refractivity contribution is 5.76. The van der Waals surface area contributed by atoms with Crippen LogP contribution in [-0.2, 0) is 14.3 Å². The van der Waals surface area contributed by atoms with E-state index in [0.717, 1.165) is 64.2 Å². The molecule has 0 rings (SSSR count). The summed E-state index contributed by atoms with van der Waals surface area (Å²) in [5.41, 5.74) is 0. The fourth-order valence-corrected chi connectivity index (χ4v) is 9.43. The van der Waals surface area contributed by atoms with Crippen molar-refractivity contribution in [3.8, 4) is 0 Å². The molecule has 69 heavy (non-hydrogen) atoms. The summed E-state index contributed by atoms with van der Waals surface area (Å²) in [6.45, 7) is 4.87. The second-order valence-corrected chi connectivity index (χ2v) is 21.0. The smallest absolute Gasteiger partial charge is 0.305 e. The third-order valence-electron chi connectivity index (χ3n) is 14.2. The van der Waals surface area contributed by atoms with Crippen LogP contribution in [0.15, 0.2) is 36.5 Å². The molecule has 0 saturated carbocycles. The lowest BCUT2D eigenvalue weighted by molar-refractivity contribution is -0.143. The fraction of sp³-hybridized carbons (Fsp3) is 0.873. The predicted molar refractivity (Wildman–Crippen MR) is 301 cm³/mol. The molecule has 0 aromatic heterocycles. The normalized spacial score (nSPS) is 12.8. The molecule has 0 bridgehead atoms. The van der Waals surface area contributed by atoms with Gasteiger partial charge in [0.1, 0.15) is 0 Å². The molecule has 6 nitrogen and oxygen atoms in total. The highest BCUT2D eigenvalue weighted by atomic mass is 16.5. The van der Waals surface area contributed by atoms with E-state index in [4.69, 9.17) is 4.74 Å². The molecule has 406 valence electrons. The van der Waals surface area contributed by atoms with E-state index in [9.17, 15) is 19.8 Å². The van der Waals surface area contributed by atoms with E-state index in [1.807, 2.05) is 6.08 Å². The van der Waals surface area contributed by atoms with E-state index in [1.165, 1.54) is 238 Å². The molecule has 6 heteroatoms. The standard InChI is InChI=1S/C63H119NO5/c1-3-5-7-9-11-13-15-17-19-20-21-22-23-24-25-26-28-31-35-39-43-47-51-55-61(66)60(59-65)64-62(67)56-52-48-44-40-36-32-29-30-34-38-42-46-50-54-58-69-63(68)57-53-49-45-41-37-33-27-18-16-14-12-10-8-6-4-2/h12,14,18,27,51,55,60-61,65-66H,3-11,13,15-17,19-26,28-50,52-54,56-59H2,1-2H3,(H,64,67)/b14-12-,27-18-,55-51+. The molecular weight excluding hydrogens is 851 g/mol. The molecule has 0 aromatic carbocycles. The van der Waals surface area contributed by atoms with Crippen molar-refractivity contribution in [2.45, 2.75) is 341 Å². The van der Waals surface area contributed by atoms with Crippen molar-refractivity contribution in [2.24, 2.45) is 0 Å². The Morgan fingerprint density at radius 1 is 0.406 bits per heavy atom. The van der Waals surface area contributed by atoms with Gasteiger partial charge in [0.15, 0.2) is 0 Å². The number of carbonyl (C=O) groups is 2. The Morgan fingerprint density at radius 3 is 1.13 bits per heavy atom. The SMILES string of the molecule is CCCCC/C=C\C/C=C\CCCCCCCC(=O)OCCCCCCCCCCCCCCCCC(=O)NC(CO)C(O)/C=C/CCCCCCCCCCCCCCCCCCCCCCC. The Bertz CT molecular complexity index is 1120. The first-order valence-electron chi connectivity index (χ1n) is 30.8. The number of esters is 1. The van der Waals surface area contributed by atoms with Crippen LogP contribution in [-0.4, -0.2) is 47.4 Å². The van der Waals surface area contributed by atoms with Crippen LogP contribution in [0.25, 0.3) is 0 Å². The lowest BCUT2D eigenvalue weighted by Crippen LogP contribution is -2.45. The van der Waals surface area contributed by atoms with E-state index < -0.39 is 12.1 Å². The molecule has 0 radical (unpaired) electrons. The van der Waals surface area contributed by atoms with Gasteiger partial charge < -0.3 is 20.3 Å². The van der Waals surface area contributed by atoms with Gasteiger partial charge in [-0.2, -0.15) is 0 Å². The molecular formula is C63H119NO5. The molecule has 0 spiro atoms. The summed E-state index contributed by atoms with van der Waals surface area (Å²) in [6.07, 6.45) is 73.1. The van der Waals surface area contributed by atoms with Crippen LogP contribution in [0.3, 0.4) is 0 Å². The van der Waals surface area contributed by atoms with Crippen LogP contribution in [0.2, 0.25) is 0 Å². The molecule has 1 amide bonds. The van der Waals surface area contributed by atoms with Crippen molar-refractivity contribution < 1.29 is 24.5 Å². The van der Waals surface area contributed by atoms with E-state index >= 15 is 0 Å². The van der Waals surface area contributed by atoms with Crippen molar-refractivity contribution >= 4 is 11.9 Å². The zero-order valence-corrected chi connectivity index (χ0v) is 46.3. The summed E-state index contributed by atoms with van der Waals surface area (Å²) in [4.78, 5) is 24.6. The lowest BCUT2D eigenvalue weighted by Gasteiger charge is -2.20. The monoisotopic (exact) mass is 970 g/mol. The van der Waals surface area contributed by atoms with Gasteiger partial charge in [-0.3, -0.25) is 9.59 Å². The Morgan fingerprint density at radius 2 is 0.725 bits per heavy atom. The topological polar surface area (TPSA) is 95.9 Å². The maximum atomic E-state index is 12.5. The van der Waals surface area contributed by atoms with Gasteiger partial charge in [0.25, 0.3) is 0 Å². The van der Waals surface area contributed by atoms with E-state index in [2.05, 4.69) is 43.5 Å². The zero-order valence-electron chi connectivity index (χ0n) is 46.3. The maximum Gasteiger partial charge on any atom is 0.305 e. The molecule has 0 aliphatic rings. The van der Waals surface area contributed by atoms with Gasteiger partial charge in [0.05, 0.1) is 25.4 Å². The average Bonchev–Trinajstić information content (AvgIpc) is 3.35. The minimum absolute atomic E-state index is 0.0170. The Balaban J connectivity index is 3.48. The number of nitrogens with one attached hydrogen (secondary N) is 1. The second-order valence-electron chi connectivity index (χ2n) is 21.0. The number of allylic oxidation sites excluding steroid dienone is 5. The molecule has 0 aliphatic carbocycles. The van der Waals surface area contributed by atoms with Gasteiger partial charge in [-0.15, -0.1) is 0 Å². The third kappa shape index (κ3) is 55.2. The summed E-state index contributed by atoms with van der Waals surface area (Å²) in [5.74, 6) is -0.0935. The lowest BCUT2D eigenvalue weighted by atomic mass is 10.0. The molecule has 2 unspecified atom stereocenters. The summed E-state index contributed by atoms with van der Waals surface area (Å²) >= 11 is 0. The summed E-state index contributed by atoms with van der Waals surface area (Å²) in [5, 5.41) is 23.2. The van der Waals surface area contributed by atoms with Crippen LogP contribution in [0.1, 0.15) is 328 Å². The minimum atomic E-state index is -0.854. The van der Waals surface area contributed by atoms with E-state index in [-0.39, 0.29) is 18.5 Å². The van der Waals surface area contributed by atoms with Crippen molar-refractivity contribution in [2.75, 3.05) is 13.2 Å². The molecule has 0 saturated heterocycles. The molecule has 0 fully saturated rings. The summed E-state index contributed by atoms with van der Waals surface area (Å²) < 4.78 is 5.47. The fourth-order valence-electron chi connectivity index (χ4n) is 9.43. The van der Waals surface area contributed by atoms with Crippen LogP contribution in [0.4, 0.5) is 0 Å². The maximum absolute atomic E-state index is 12.5. The van der Waals surface area contributed by atoms with Crippen LogP contribution in [0.5, 0.6) is 0 Å². The quantitative estimate of drug-likeness (QED) is 0.0321. The number of rotatable bonds is 57. The van der Waals surface area contributed by atoms with Gasteiger partial charge in [0, 0.05) is 12.8 Å². The third-order valence-corrected chi connectivity index (χ3v) is 14.2. The molecule has 3 N–H and O–H groups in total. The first-order chi connectivity index (χ1) is 34.0. The number of amides is 1. The predicted octanol–water partition coefficient (Wildman–Crippen LogP) is 19.2. The van der Waals surface area contributed by atoms with Gasteiger partial charge in [-0.1, -0.05) is 288 Å². The number of hydrogen-bond donors (Lipinski definition) is 3. The molecule has 2 atom stereocenters. The van der Waals surface area contributed by atoms with Gasteiger partial charge in [-0.25, -0.2) is 0 Å². The summed E-state index contributed by atoms with van der Waals surface area (Å²) in [6, 6.07) is -0.638. The van der Waals surface area contributed by atoms with Crippen molar-refractivity contribution in [1.29, 1.82) is 0 Å². The largest absolute Gasteiger partial charge is 0.466 e. The van der Waals surface area contributed by atoms with Gasteiger partial charge in [-0.05, 0) is 64.2 Å². The van der Waals surface area contributed by atoms with Crippen LogP contribution < -0.4 is 5.32 Å². The zero-order chi connectivity index (χ0) is 50.0. The van der Waals surface area contributed by atoms with Crippen molar-refractivity contribution in [3.05, 3.63) is 36.5 Å². The molecule has 0 heterocycles. The second kappa shape index (κ2) is 58.6. The van der Waals surface area contributed by atoms with Crippen LogP contribution >= 0.6 is 0 Å². The molecule has 0 aromatic rings. The Labute approximate surface area is 430 Å². The Kier molecular flexibility index (Phi) is 57.0. The number of aliphatic hydroxyl groups is 2. The first kappa shape index (κ1) is 67.1. The van der Waals surface area contributed by atoms with Crippen molar-refractivity contribution in [3.63, 3.8) is 0 Å². The molecule has 0 aliphatic heterocycles. The highest BCUT2D eigenvalue weighted by Gasteiger charge is 2.18.